The van der Waals surface area contributed by atoms with Crippen LogP contribution in [0.2, 0.25) is 0 Å². The third kappa shape index (κ3) is 7.62. The van der Waals surface area contributed by atoms with Gasteiger partial charge in [-0.15, -0.1) is 0 Å². The van der Waals surface area contributed by atoms with Crippen molar-refractivity contribution < 1.29 is 0 Å². The summed E-state index contributed by atoms with van der Waals surface area (Å²) in [6, 6.07) is 69.3. The van der Waals surface area contributed by atoms with E-state index in [0.29, 0.717) is 0 Å². The molecule has 0 amide bonds. The summed E-state index contributed by atoms with van der Waals surface area (Å²) in [6.07, 6.45) is 0. The summed E-state index contributed by atoms with van der Waals surface area (Å²) < 4.78 is 0. The van der Waals surface area contributed by atoms with Gasteiger partial charge in [0.05, 0.1) is 5.69 Å². The smallest absolute Gasteiger partial charge is 0.0540 e. The third-order valence-electron chi connectivity index (χ3n) is 10.7. The summed E-state index contributed by atoms with van der Waals surface area (Å²) in [5.74, 6) is 0. The Kier molecular flexibility index (Phi) is 9.49. The molecule has 8 rings (SSSR count). The Morgan fingerprint density at radius 2 is 0.673 bits per heavy atom. The van der Waals surface area contributed by atoms with Gasteiger partial charge in [0.25, 0.3) is 0 Å². The van der Waals surface area contributed by atoms with Crippen molar-refractivity contribution in [2.75, 3.05) is 4.90 Å². The second-order valence-electron chi connectivity index (χ2n) is 16.8. The molecule has 0 N–H and O–H groups in total. The number of nitrogens with zero attached hydrogens (tertiary/aromatic N) is 1. The number of fused-ring (bicyclic) bond motifs is 1. The van der Waals surface area contributed by atoms with Gasteiger partial charge < -0.3 is 4.90 Å². The standard InChI is InChI=1S/C54H49N/c1-53(2,3)47-28-24-40(25-29-47)45-32-43(38-16-9-7-10-17-38)34-49(36-45)55(52-23-15-21-42-20-13-14-22-51(42)52)50-35-44(39-18-11-8-12-19-39)33-46(37-50)41-26-30-48(31-27-41)54(4,5)6/h7-37H,1-6H3. The molecular formula is C54H49N. The molecule has 1 nitrogen and oxygen atoms in total. The van der Waals surface area contributed by atoms with E-state index in [1.165, 1.54) is 66.4 Å². The van der Waals surface area contributed by atoms with Crippen LogP contribution in [0.4, 0.5) is 17.1 Å². The summed E-state index contributed by atoms with van der Waals surface area (Å²) >= 11 is 0. The lowest BCUT2D eigenvalue weighted by Crippen LogP contribution is -2.12. The Morgan fingerprint density at radius 3 is 1.09 bits per heavy atom. The highest BCUT2D eigenvalue weighted by molar-refractivity contribution is 6.00. The van der Waals surface area contributed by atoms with E-state index in [0.717, 1.165) is 17.1 Å². The summed E-state index contributed by atoms with van der Waals surface area (Å²) in [4.78, 5) is 2.47. The van der Waals surface area contributed by atoms with Crippen molar-refractivity contribution in [3.8, 4) is 44.5 Å². The van der Waals surface area contributed by atoms with Crippen molar-refractivity contribution in [2.24, 2.45) is 0 Å². The van der Waals surface area contributed by atoms with Crippen molar-refractivity contribution in [1.82, 2.24) is 0 Å². The lowest BCUT2D eigenvalue weighted by molar-refractivity contribution is 0.590. The van der Waals surface area contributed by atoms with Crippen molar-refractivity contribution in [3.63, 3.8) is 0 Å². The van der Waals surface area contributed by atoms with Gasteiger partial charge in [0.1, 0.15) is 0 Å². The predicted octanol–water partition coefficient (Wildman–Crippen LogP) is 15.6. The molecule has 0 aliphatic carbocycles. The van der Waals surface area contributed by atoms with E-state index < -0.39 is 0 Å². The number of benzene rings is 8. The fraction of sp³-hybridized carbons (Fsp3) is 0.148. The van der Waals surface area contributed by atoms with Crippen LogP contribution in [-0.2, 0) is 10.8 Å². The summed E-state index contributed by atoms with van der Waals surface area (Å²) in [7, 11) is 0. The monoisotopic (exact) mass is 711 g/mol. The number of hydrogen-bond acceptors (Lipinski definition) is 1. The molecular weight excluding hydrogens is 663 g/mol. The Hall–Kier alpha value is -6.18. The minimum atomic E-state index is 0.0787. The van der Waals surface area contributed by atoms with Crippen molar-refractivity contribution >= 4 is 27.8 Å². The first-order valence-electron chi connectivity index (χ1n) is 19.4. The summed E-state index contributed by atoms with van der Waals surface area (Å²) in [6.45, 7) is 13.6. The largest absolute Gasteiger partial charge is 0.310 e. The molecule has 0 bridgehead atoms. The maximum atomic E-state index is 2.47. The lowest BCUT2D eigenvalue weighted by Gasteiger charge is -2.29. The van der Waals surface area contributed by atoms with E-state index in [9.17, 15) is 0 Å². The molecule has 1 heteroatoms. The Balaban J connectivity index is 1.41. The SMILES string of the molecule is CC(C)(C)c1ccc(-c2cc(-c3ccccc3)cc(N(c3cc(-c4ccccc4)cc(-c4ccc(C(C)(C)C)cc4)c3)c3cccc4ccccc34)c2)cc1. The highest BCUT2D eigenvalue weighted by Gasteiger charge is 2.21. The fourth-order valence-electron chi connectivity index (χ4n) is 7.56. The van der Waals surface area contributed by atoms with Crippen LogP contribution in [0, 0.1) is 0 Å². The average molecular weight is 712 g/mol. The first-order chi connectivity index (χ1) is 26.5. The molecule has 8 aromatic carbocycles. The van der Waals surface area contributed by atoms with Crippen molar-refractivity contribution in [1.29, 1.82) is 0 Å². The van der Waals surface area contributed by atoms with Gasteiger partial charge in [-0.1, -0.05) is 187 Å². The number of hydrogen-bond donors (Lipinski definition) is 0. The van der Waals surface area contributed by atoms with Crippen LogP contribution >= 0.6 is 0 Å². The lowest BCUT2D eigenvalue weighted by atomic mass is 9.86. The molecule has 270 valence electrons. The minimum Gasteiger partial charge on any atom is -0.310 e. The maximum Gasteiger partial charge on any atom is 0.0540 e. The minimum absolute atomic E-state index is 0.0787. The molecule has 8 aromatic rings. The molecule has 0 aliphatic heterocycles. The molecule has 0 aromatic heterocycles. The van der Waals surface area contributed by atoms with E-state index in [1.54, 1.807) is 0 Å². The van der Waals surface area contributed by atoms with E-state index in [4.69, 9.17) is 0 Å². The zero-order valence-corrected chi connectivity index (χ0v) is 32.8. The van der Waals surface area contributed by atoms with Crippen molar-refractivity contribution in [3.05, 3.63) is 199 Å². The topological polar surface area (TPSA) is 3.24 Å². The molecule has 0 atom stereocenters. The van der Waals surface area contributed by atoms with Crippen LogP contribution in [0.25, 0.3) is 55.3 Å². The second kappa shape index (κ2) is 14.6. The first kappa shape index (κ1) is 35.8. The van der Waals surface area contributed by atoms with Gasteiger partial charge in [0, 0.05) is 16.8 Å². The van der Waals surface area contributed by atoms with Crippen LogP contribution in [0.5, 0.6) is 0 Å². The van der Waals surface area contributed by atoms with E-state index >= 15 is 0 Å². The van der Waals surface area contributed by atoms with E-state index in [-0.39, 0.29) is 10.8 Å². The molecule has 0 radical (unpaired) electrons. The van der Waals surface area contributed by atoms with Gasteiger partial charge in [-0.25, -0.2) is 0 Å². The van der Waals surface area contributed by atoms with Gasteiger partial charge in [-0.05, 0) is 114 Å². The number of rotatable bonds is 7. The number of anilines is 3. The molecule has 0 aliphatic rings. The summed E-state index contributed by atoms with van der Waals surface area (Å²) in [5.41, 5.74) is 15.6. The van der Waals surface area contributed by atoms with Crippen LogP contribution in [0.1, 0.15) is 52.7 Å². The van der Waals surface area contributed by atoms with Crippen LogP contribution in [0.15, 0.2) is 188 Å². The van der Waals surface area contributed by atoms with Gasteiger partial charge in [-0.3, -0.25) is 0 Å². The molecule has 55 heavy (non-hydrogen) atoms. The molecule has 0 heterocycles. The molecule has 0 saturated carbocycles. The van der Waals surface area contributed by atoms with Gasteiger partial charge in [0.2, 0.25) is 0 Å². The predicted molar refractivity (Wildman–Crippen MR) is 238 cm³/mol. The normalized spacial score (nSPS) is 11.8. The first-order valence-corrected chi connectivity index (χ1v) is 19.4. The quantitative estimate of drug-likeness (QED) is 0.159. The zero-order valence-electron chi connectivity index (χ0n) is 32.8. The highest BCUT2D eigenvalue weighted by atomic mass is 15.1. The Morgan fingerprint density at radius 1 is 0.309 bits per heavy atom. The molecule has 0 unspecified atom stereocenters. The van der Waals surface area contributed by atoms with Gasteiger partial charge in [0.15, 0.2) is 0 Å². The highest BCUT2D eigenvalue weighted by Crippen LogP contribution is 2.45. The fourth-order valence-corrected chi connectivity index (χ4v) is 7.56. The van der Waals surface area contributed by atoms with E-state index in [1.807, 2.05) is 0 Å². The zero-order chi connectivity index (χ0) is 38.2. The van der Waals surface area contributed by atoms with Crippen molar-refractivity contribution in [2.45, 2.75) is 52.4 Å². The second-order valence-corrected chi connectivity index (χ2v) is 16.8. The van der Waals surface area contributed by atoms with Crippen LogP contribution in [-0.4, -0.2) is 0 Å². The molecule has 0 saturated heterocycles. The Bertz CT molecular complexity index is 2420. The maximum absolute atomic E-state index is 2.47. The average Bonchev–Trinajstić information content (AvgIpc) is 3.21. The van der Waals surface area contributed by atoms with Crippen LogP contribution < -0.4 is 4.90 Å². The third-order valence-corrected chi connectivity index (χ3v) is 10.7. The van der Waals surface area contributed by atoms with Gasteiger partial charge in [-0.2, -0.15) is 0 Å². The van der Waals surface area contributed by atoms with Crippen LogP contribution in [0.3, 0.4) is 0 Å². The van der Waals surface area contributed by atoms with E-state index in [2.05, 4.69) is 234 Å². The summed E-state index contributed by atoms with van der Waals surface area (Å²) in [5, 5.41) is 2.41. The van der Waals surface area contributed by atoms with Gasteiger partial charge >= 0.3 is 0 Å². The molecule has 0 spiro atoms. The Labute approximate surface area is 327 Å². The molecule has 0 fully saturated rings.